The first kappa shape index (κ1) is 16.3. The Balaban J connectivity index is 1.61. The fourth-order valence-corrected chi connectivity index (χ4v) is 4.33. The number of nitrogens with one attached hydrogen (secondary N) is 1. The highest BCUT2D eigenvalue weighted by molar-refractivity contribution is 5.09. The van der Waals surface area contributed by atoms with Crippen LogP contribution in [0.4, 0.5) is 0 Å². The van der Waals surface area contributed by atoms with Gasteiger partial charge in [-0.05, 0) is 32.2 Å². The predicted octanol–water partition coefficient (Wildman–Crippen LogP) is 4.67. The lowest BCUT2D eigenvalue weighted by molar-refractivity contribution is -0.133. The summed E-state index contributed by atoms with van der Waals surface area (Å²) in [7, 11) is 0. The van der Waals surface area contributed by atoms with Gasteiger partial charge in [0.1, 0.15) is 0 Å². The average Bonchev–Trinajstić information content (AvgIpc) is 2.96. The van der Waals surface area contributed by atoms with Crippen LogP contribution in [0, 0.1) is 5.41 Å². The van der Waals surface area contributed by atoms with Crippen LogP contribution < -0.4 is 5.32 Å². The highest BCUT2D eigenvalue weighted by atomic mass is 16.5. The molecule has 2 rings (SSSR count). The van der Waals surface area contributed by atoms with Crippen LogP contribution in [0.2, 0.25) is 0 Å². The minimum absolute atomic E-state index is 0.512. The molecule has 0 aliphatic heterocycles. The SMILES string of the molecule is CCCCCCCCOC1CC(NCC)C12CCCC2. The van der Waals surface area contributed by atoms with Gasteiger partial charge in [-0.25, -0.2) is 0 Å². The molecule has 2 atom stereocenters. The van der Waals surface area contributed by atoms with Crippen LogP contribution in [0.15, 0.2) is 0 Å². The Morgan fingerprint density at radius 1 is 1.00 bits per heavy atom. The zero-order chi connectivity index (χ0) is 14.3. The number of ether oxygens (including phenoxy) is 1. The summed E-state index contributed by atoms with van der Waals surface area (Å²) in [6.07, 6.45) is 15.6. The first-order valence-electron chi connectivity index (χ1n) is 9.18. The van der Waals surface area contributed by atoms with E-state index < -0.39 is 0 Å². The van der Waals surface area contributed by atoms with Gasteiger partial charge in [-0.1, -0.05) is 58.8 Å². The third-order valence-electron chi connectivity index (χ3n) is 5.59. The molecule has 0 aromatic heterocycles. The van der Waals surface area contributed by atoms with Crippen molar-refractivity contribution in [3.05, 3.63) is 0 Å². The van der Waals surface area contributed by atoms with E-state index in [9.17, 15) is 0 Å². The molecule has 0 saturated heterocycles. The van der Waals surface area contributed by atoms with E-state index in [4.69, 9.17) is 4.74 Å². The summed E-state index contributed by atoms with van der Waals surface area (Å²) < 4.78 is 6.26. The molecule has 0 radical (unpaired) electrons. The Hall–Kier alpha value is -0.0800. The predicted molar refractivity (Wildman–Crippen MR) is 86.1 cm³/mol. The Kier molecular flexibility index (Phi) is 6.83. The molecule has 0 bridgehead atoms. The molecular formula is C18H35NO. The fraction of sp³-hybridized carbons (Fsp3) is 1.00. The zero-order valence-corrected chi connectivity index (χ0v) is 13.8. The van der Waals surface area contributed by atoms with Crippen LogP contribution in [0.25, 0.3) is 0 Å². The topological polar surface area (TPSA) is 21.3 Å². The van der Waals surface area contributed by atoms with Gasteiger partial charge in [-0.15, -0.1) is 0 Å². The van der Waals surface area contributed by atoms with Crippen molar-refractivity contribution in [3.63, 3.8) is 0 Å². The van der Waals surface area contributed by atoms with E-state index in [2.05, 4.69) is 19.2 Å². The third-order valence-corrected chi connectivity index (χ3v) is 5.59. The molecule has 0 aromatic rings. The maximum absolute atomic E-state index is 6.26. The van der Waals surface area contributed by atoms with Crippen molar-refractivity contribution in [3.8, 4) is 0 Å². The van der Waals surface area contributed by atoms with Crippen molar-refractivity contribution in [2.45, 2.75) is 96.6 Å². The maximum Gasteiger partial charge on any atom is 0.0661 e. The van der Waals surface area contributed by atoms with Gasteiger partial charge in [0, 0.05) is 18.1 Å². The normalized spacial score (nSPS) is 27.9. The Morgan fingerprint density at radius 3 is 2.40 bits per heavy atom. The molecule has 118 valence electrons. The molecule has 2 unspecified atom stereocenters. The molecule has 2 heteroatoms. The lowest BCUT2D eigenvalue weighted by atomic mass is 9.60. The summed E-state index contributed by atoms with van der Waals surface area (Å²) in [5.74, 6) is 0. The highest BCUT2D eigenvalue weighted by Crippen LogP contribution is 2.54. The monoisotopic (exact) mass is 281 g/mol. The first-order chi connectivity index (χ1) is 9.83. The van der Waals surface area contributed by atoms with Crippen LogP contribution >= 0.6 is 0 Å². The van der Waals surface area contributed by atoms with E-state index in [0.29, 0.717) is 11.5 Å². The largest absolute Gasteiger partial charge is 0.378 e. The molecule has 1 spiro atoms. The van der Waals surface area contributed by atoms with Crippen molar-refractivity contribution >= 4 is 0 Å². The summed E-state index contributed by atoms with van der Waals surface area (Å²) in [5, 5.41) is 3.69. The smallest absolute Gasteiger partial charge is 0.0661 e. The lowest BCUT2D eigenvalue weighted by Gasteiger charge is -2.54. The van der Waals surface area contributed by atoms with Gasteiger partial charge in [-0.2, -0.15) is 0 Å². The minimum atomic E-state index is 0.512. The first-order valence-corrected chi connectivity index (χ1v) is 9.18. The lowest BCUT2D eigenvalue weighted by Crippen LogP contribution is -2.62. The Morgan fingerprint density at radius 2 is 1.70 bits per heavy atom. The summed E-state index contributed by atoms with van der Waals surface area (Å²) in [6, 6.07) is 0.740. The van der Waals surface area contributed by atoms with Crippen molar-refractivity contribution in [2.24, 2.45) is 5.41 Å². The van der Waals surface area contributed by atoms with Crippen LogP contribution in [-0.4, -0.2) is 25.3 Å². The molecule has 20 heavy (non-hydrogen) atoms. The Bertz CT molecular complexity index is 260. The van der Waals surface area contributed by atoms with Gasteiger partial charge in [0.15, 0.2) is 0 Å². The Labute approximate surface area is 126 Å². The molecule has 2 fully saturated rings. The summed E-state index contributed by atoms with van der Waals surface area (Å²) >= 11 is 0. The second kappa shape index (κ2) is 8.38. The van der Waals surface area contributed by atoms with E-state index in [1.807, 2.05) is 0 Å². The number of rotatable bonds is 10. The second-order valence-corrected chi connectivity index (χ2v) is 6.91. The molecule has 2 nitrogen and oxygen atoms in total. The van der Waals surface area contributed by atoms with Gasteiger partial charge in [-0.3, -0.25) is 0 Å². The van der Waals surface area contributed by atoms with Crippen LogP contribution in [0.1, 0.15) is 84.5 Å². The zero-order valence-electron chi connectivity index (χ0n) is 13.8. The molecule has 1 N–H and O–H groups in total. The molecule has 2 aliphatic rings. The van der Waals surface area contributed by atoms with E-state index in [0.717, 1.165) is 19.2 Å². The summed E-state index contributed by atoms with van der Waals surface area (Å²) in [4.78, 5) is 0. The van der Waals surface area contributed by atoms with Crippen LogP contribution in [0.3, 0.4) is 0 Å². The third kappa shape index (κ3) is 3.76. The maximum atomic E-state index is 6.26. The molecule has 0 amide bonds. The van der Waals surface area contributed by atoms with Crippen molar-refractivity contribution in [1.29, 1.82) is 0 Å². The van der Waals surface area contributed by atoms with Gasteiger partial charge < -0.3 is 10.1 Å². The minimum Gasteiger partial charge on any atom is -0.378 e. The molecule has 0 aromatic carbocycles. The van der Waals surface area contributed by atoms with Crippen molar-refractivity contribution in [1.82, 2.24) is 5.32 Å². The number of hydrogen-bond donors (Lipinski definition) is 1. The van der Waals surface area contributed by atoms with E-state index in [1.165, 1.54) is 70.6 Å². The molecular weight excluding hydrogens is 246 g/mol. The van der Waals surface area contributed by atoms with Crippen LogP contribution in [-0.2, 0) is 4.74 Å². The fourth-order valence-electron chi connectivity index (χ4n) is 4.33. The highest BCUT2D eigenvalue weighted by Gasteiger charge is 2.56. The van der Waals surface area contributed by atoms with E-state index >= 15 is 0 Å². The van der Waals surface area contributed by atoms with Gasteiger partial charge in [0.05, 0.1) is 6.10 Å². The number of unbranched alkanes of at least 4 members (excludes halogenated alkanes) is 5. The van der Waals surface area contributed by atoms with Gasteiger partial charge in [0.2, 0.25) is 0 Å². The van der Waals surface area contributed by atoms with Crippen molar-refractivity contribution < 1.29 is 4.74 Å². The average molecular weight is 281 g/mol. The molecule has 0 heterocycles. The van der Waals surface area contributed by atoms with Crippen molar-refractivity contribution in [2.75, 3.05) is 13.2 Å². The van der Waals surface area contributed by atoms with Crippen LogP contribution in [0.5, 0.6) is 0 Å². The summed E-state index contributed by atoms with van der Waals surface area (Å²) in [6.45, 7) is 6.61. The standard InChI is InChI=1S/C18H35NO/c1-3-5-6-7-8-11-14-20-17-15-16(19-4-2)18(17)12-9-10-13-18/h16-17,19H,3-15H2,1-2H3. The molecule has 2 aliphatic carbocycles. The summed E-state index contributed by atoms with van der Waals surface area (Å²) in [5.41, 5.74) is 0.512. The van der Waals surface area contributed by atoms with Gasteiger partial charge in [0.25, 0.3) is 0 Å². The molecule has 2 saturated carbocycles. The van der Waals surface area contributed by atoms with E-state index in [1.54, 1.807) is 0 Å². The quantitative estimate of drug-likeness (QED) is 0.587. The van der Waals surface area contributed by atoms with Gasteiger partial charge >= 0.3 is 0 Å². The van der Waals surface area contributed by atoms with E-state index in [-0.39, 0.29) is 0 Å². The second-order valence-electron chi connectivity index (χ2n) is 6.91. The number of hydrogen-bond acceptors (Lipinski definition) is 2.